The summed E-state index contributed by atoms with van der Waals surface area (Å²) in [5, 5.41) is 4.64. The van der Waals surface area contributed by atoms with Gasteiger partial charge in [0.05, 0.1) is 19.7 Å². The first kappa shape index (κ1) is 21.0. The summed E-state index contributed by atoms with van der Waals surface area (Å²) in [4.78, 5) is 12.7. The van der Waals surface area contributed by atoms with Gasteiger partial charge in [0, 0.05) is 7.05 Å². The van der Waals surface area contributed by atoms with Crippen LogP contribution in [-0.4, -0.2) is 39.3 Å². The first-order valence-electron chi connectivity index (χ1n) is 8.90. The lowest BCUT2D eigenvalue weighted by atomic mass is 9.98. The van der Waals surface area contributed by atoms with Gasteiger partial charge in [-0.1, -0.05) is 48.5 Å². The molecule has 3 rings (SSSR count). The van der Waals surface area contributed by atoms with E-state index in [2.05, 4.69) is 5.32 Å². The molecule has 0 fully saturated rings. The Kier molecular flexibility index (Phi) is 6.68. The van der Waals surface area contributed by atoms with Crippen LogP contribution in [0.2, 0.25) is 0 Å². The predicted molar refractivity (Wildman–Crippen MR) is 114 cm³/mol. The Labute approximate surface area is 174 Å². The monoisotopic (exact) mass is 430 g/mol. The fraction of sp³-hybridized carbons (Fsp3) is 0.190. The largest absolute Gasteiger partial charge is 0.497 e. The van der Waals surface area contributed by atoms with Crippen LogP contribution in [-0.2, 0) is 14.8 Å². The molecule has 8 heteroatoms. The SMILES string of the molecule is COc1ccc(C(NC(=O)CN(C)S(=O)(=O)c2cccs2)c2ccccc2)cc1. The molecule has 1 amide bonds. The van der Waals surface area contributed by atoms with Crippen molar-refractivity contribution in [3.63, 3.8) is 0 Å². The number of thiophene rings is 1. The maximum absolute atomic E-state index is 12.7. The molecule has 0 bridgehead atoms. The van der Waals surface area contributed by atoms with E-state index in [-0.39, 0.29) is 10.8 Å². The van der Waals surface area contributed by atoms with E-state index in [4.69, 9.17) is 4.74 Å². The van der Waals surface area contributed by atoms with E-state index >= 15 is 0 Å². The zero-order valence-electron chi connectivity index (χ0n) is 16.1. The molecule has 0 saturated heterocycles. The number of hydrogen-bond acceptors (Lipinski definition) is 5. The van der Waals surface area contributed by atoms with Gasteiger partial charge in [-0.2, -0.15) is 4.31 Å². The molecule has 0 radical (unpaired) electrons. The molecule has 1 atom stereocenters. The summed E-state index contributed by atoms with van der Waals surface area (Å²) in [5.41, 5.74) is 1.77. The molecule has 0 aliphatic rings. The molecule has 0 aliphatic heterocycles. The van der Waals surface area contributed by atoms with Crippen molar-refractivity contribution in [3.05, 3.63) is 83.2 Å². The summed E-state index contributed by atoms with van der Waals surface area (Å²) in [6.45, 7) is -0.278. The fourth-order valence-electron chi connectivity index (χ4n) is 2.86. The number of nitrogens with zero attached hydrogens (tertiary/aromatic N) is 1. The zero-order valence-corrected chi connectivity index (χ0v) is 17.7. The summed E-state index contributed by atoms with van der Waals surface area (Å²) < 4.78 is 31.6. The van der Waals surface area contributed by atoms with Crippen LogP contribution in [0.1, 0.15) is 17.2 Å². The van der Waals surface area contributed by atoms with Crippen molar-refractivity contribution in [1.82, 2.24) is 9.62 Å². The highest BCUT2D eigenvalue weighted by atomic mass is 32.2. The highest BCUT2D eigenvalue weighted by Gasteiger charge is 2.25. The number of rotatable bonds is 8. The van der Waals surface area contributed by atoms with Crippen LogP contribution in [0.3, 0.4) is 0 Å². The summed E-state index contributed by atoms with van der Waals surface area (Å²) in [6, 6.07) is 19.7. The van der Waals surface area contributed by atoms with Crippen LogP contribution in [0.25, 0.3) is 0 Å². The number of amides is 1. The van der Waals surface area contributed by atoms with E-state index in [1.165, 1.54) is 13.1 Å². The number of carbonyl (C=O) groups is 1. The number of nitrogens with one attached hydrogen (secondary N) is 1. The Bertz CT molecular complexity index is 1030. The molecular weight excluding hydrogens is 408 g/mol. The highest BCUT2D eigenvalue weighted by Crippen LogP contribution is 2.24. The number of methoxy groups -OCH3 is 1. The van der Waals surface area contributed by atoms with Crippen molar-refractivity contribution in [1.29, 1.82) is 0 Å². The third-order valence-electron chi connectivity index (χ3n) is 4.41. The molecule has 6 nitrogen and oxygen atoms in total. The molecule has 1 unspecified atom stereocenters. The molecule has 0 spiro atoms. The summed E-state index contributed by atoms with van der Waals surface area (Å²) >= 11 is 1.12. The minimum Gasteiger partial charge on any atom is -0.497 e. The van der Waals surface area contributed by atoms with E-state index in [0.29, 0.717) is 5.75 Å². The maximum atomic E-state index is 12.7. The van der Waals surface area contributed by atoms with Gasteiger partial charge in [0.1, 0.15) is 9.96 Å². The van der Waals surface area contributed by atoms with E-state index in [0.717, 1.165) is 26.8 Å². The highest BCUT2D eigenvalue weighted by molar-refractivity contribution is 7.91. The number of hydrogen-bond donors (Lipinski definition) is 1. The maximum Gasteiger partial charge on any atom is 0.252 e. The zero-order chi connectivity index (χ0) is 20.9. The van der Waals surface area contributed by atoms with E-state index in [1.807, 2.05) is 54.6 Å². The fourth-order valence-corrected chi connectivity index (χ4v) is 5.19. The number of benzene rings is 2. The van der Waals surface area contributed by atoms with Gasteiger partial charge in [-0.15, -0.1) is 11.3 Å². The number of likely N-dealkylation sites (N-methyl/N-ethyl adjacent to an activating group) is 1. The minimum absolute atomic E-state index is 0.211. The summed E-state index contributed by atoms with van der Waals surface area (Å²) in [6.07, 6.45) is 0. The lowest BCUT2D eigenvalue weighted by molar-refractivity contribution is -0.121. The second-order valence-electron chi connectivity index (χ2n) is 6.38. The van der Waals surface area contributed by atoms with Gasteiger partial charge < -0.3 is 10.1 Å². The minimum atomic E-state index is -3.69. The lowest BCUT2D eigenvalue weighted by Crippen LogP contribution is -2.39. The first-order valence-corrected chi connectivity index (χ1v) is 11.2. The average Bonchev–Trinajstić information content (AvgIpc) is 3.28. The first-order chi connectivity index (χ1) is 13.9. The van der Waals surface area contributed by atoms with Gasteiger partial charge in [-0.3, -0.25) is 4.79 Å². The van der Waals surface area contributed by atoms with E-state index < -0.39 is 22.0 Å². The Balaban J connectivity index is 1.79. The van der Waals surface area contributed by atoms with Crippen LogP contribution >= 0.6 is 11.3 Å². The molecule has 3 aromatic rings. The van der Waals surface area contributed by atoms with Gasteiger partial charge in [-0.25, -0.2) is 8.42 Å². The summed E-state index contributed by atoms with van der Waals surface area (Å²) in [7, 11) is -0.695. The van der Waals surface area contributed by atoms with Crippen molar-refractivity contribution in [2.45, 2.75) is 10.3 Å². The normalized spacial score (nSPS) is 12.5. The van der Waals surface area contributed by atoms with Crippen molar-refractivity contribution < 1.29 is 17.9 Å². The Morgan fingerprint density at radius 2 is 1.69 bits per heavy atom. The van der Waals surface area contributed by atoms with Crippen molar-refractivity contribution >= 4 is 27.3 Å². The Morgan fingerprint density at radius 1 is 1.03 bits per heavy atom. The molecule has 29 heavy (non-hydrogen) atoms. The smallest absolute Gasteiger partial charge is 0.252 e. The number of carbonyl (C=O) groups excluding carboxylic acids is 1. The van der Waals surface area contributed by atoms with Crippen molar-refractivity contribution in [2.75, 3.05) is 20.7 Å². The molecule has 1 aromatic heterocycles. The number of ether oxygens (including phenoxy) is 1. The third-order valence-corrected chi connectivity index (χ3v) is 7.59. The van der Waals surface area contributed by atoms with E-state index in [1.54, 1.807) is 18.6 Å². The quantitative estimate of drug-likeness (QED) is 0.595. The van der Waals surface area contributed by atoms with Gasteiger partial charge in [0.15, 0.2) is 0 Å². The summed E-state index contributed by atoms with van der Waals surface area (Å²) in [5.74, 6) is 0.325. The topological polar surface area (TPSA) is 75.7 Å². The van der Waals surface area contributed by atoms with Gasteiger partial charge in [0.25, 0.3) is 10.0 Å². The van der Waals surface area contributed by atoms with Crippen LogP contribution in [0, 0.1) is 0 Å². The van der Waals surface area contributed by atoms with Crippen LogP contribution in [0.5, 0.6) is 5.75 Å². The molecule has 2 aromatic carbocycles. The Morgan fingerprint density at radius 3 is 2.28 bits per heavy atom. The van der Waals surface area contributed by atoms with Gasteiger partial charge in [0.2, 0.25) is 5.91 Å². The van der Waals surface area contributed by atoms with Gasteiger partial charge in [-0.05, 0) is 34.7 Å². The molecule has 0 saturated carbocycles. The molecule has 0 aliphatic carbocycles. The number of sulfonamides is 1. The van der Waals surface area contributed by atoms with Crippen molar-refractivity contribution in [3.8, 4) is 5.75 Å². The van der Waals surface area contributed by atoms with Crippen LogP contribution < -0.4 is 10.1 Å². The molecule has 1 N–H and O–H groups in total. The Hall–Kier alpha value is -2.68. The lowest BCUT2D eigenvalue weighted by Gasteiger charge is -2.22. The second kappa shape index (κ2) is 9.21. The standard InChI is InChI=1S/C21H22N2O4S2/c1-23(29(25,26)20-9-6-14-28-20)15-19(24)22-21(16-7-4-3-5-8-16)17-10-12-18(27-2)13-11-17/h3-14,21H,15H2,1-2H3,(H,22,24). The predicted octanol–water partition coefficient (Wildman–Crippen LogP) is 3.28. The molecule has 1 heterocycles. The van der Waals surface area contributed by atoms with E-state index in [9.17, 15) is 13.2 Å². The second-order valence-corrected chi connectivity index (χ2v) is 9.60. The van der Waals surface area contributed by atoms with Crippen LogP contribution in [0.15, 0.2) is 76.3 Å². The molecular formula is C21H22N2O4S2. The van der Waals surface area contributed by atoms with Crippen LogP contribution in [0.4, 0.5) is 0 Å². The van der Waals surface area contributed by atoms with Gasteiger partial charge >= 0.3 is 0 Å². The third kappa shape index (κ3) is 5.03. The average molecular weight is 431 g/mol. The van der Waals surface area contributed by atoms with Crippen molar-refractivity contribution in [2.24, 2.45) is 0 Å². The molecule has 152 valence electrons.